The Kier molecular flexibility index (Phi) is 4.78. The highest BCUT2D eigenvalue weighted by atomic mass is 16.5. The first-order chi connectivity index (χ1) is 11.6. The third kappa shape index (κ3) is 3.55. The molecule has 2 heterocycles. The normalized spacial score (nSPS) is 23.5. The molecule has 1 aromatic carbocycles. The maximum Gasteiger partial charge on any atom is 0.267 e. The fourth-order valence-electron chi connectivity index (χ4n) is 3.37. The first-order valence-corrected chi connectivity index (χ1v) is 7.98. The van der Waals surface area contributed by atoms with Crippen LogP contribution < -0.4 is 5.48 Å². The number of hydrogen-bond acceptors (Lipinski definition) is 4. The number of nitrogens with one attached hydrogen (secondary N) is 1. The van der Waals surface area contributed by atoms with E-state index in [0.717, 1.165) is 30.6 Å². The number of benzene rings is 1. The minimum atomic E-state index is -0.583. The van der Waals surface area contributed by atoms with Gasteiger partial charge in [-0.2, -0.15) is 0 Å². The Bertz CT molecular complexity index is 697. The van der Waals surface area contributed by atoms with Crippen LogP contribution in [0.25, 0.3) is 12.2 Å². The zero-order valence-electron chi connectivity index (χ0n) is 13.6. The van der Waals surface area contributed by atoms with Gasteiger partial charge in [0.25, 0.3) is 5.91 Å². The summed E-state index contributed by atoms with van der Waals surface area (Å²) in [5, 5.41) is 8.47. The molecule has 2 amide bonds. The van der Waals surface area contributed by atoms with Crippen molar-refractivity contribution in [3.8, 4) is 0 Å². The lowest BCUT2D eigenvalue weighted by molar-refractivity contribution is -0.128. The third-order valence-corrected chi connectivity index (χ3v) is 4.66. The summed E-state index contributed by atoms with van der Waals surface area (Å²) < 4.78 is 0. The van der Waals surface area contributed by atoms with Crippen molar-refractivity contribution in [3.63, 3.8) is 0 Å². The Hall–Kier alpha value is -2.44. The predicted molar refractivity (Wildman–Crippen MR) is 91.0 cm³/mol. The molecule has 2 aliphatic rings. The van der Waals surface area contributed by atoms with Gasteiger partial charge < -0.3 is 4.90 Å². The second-order valence-electron chi connectivity index (χ2n) is 6.29. The third-order valence-electron chi connectivity index (χ3n) is 4.66. The average molecular weight is 327 g/mol. The standard InChI is InChI=1S/C18H21N3O3/c1-20-11-16-10-15(20)12-21(16)18(23)8-6-14-4-2-3-13(9-14)5-7-17(22)19-24/h2-9,15-16,24H,10-12H2,1H3,(H,19,22)/b7-5+,8-6+/t15-,16-/m0/s1. The van der Waals surface area contributed by atoms with Gasteiger partial charge in [0.15, 0.2) is 0 Å². The van der Waals surface area contributed by atoms with Crippen molar-refractivity contribution in [2.24, 2.45) is 0 Å². The molecule has 0 unspecified atom stereocenters. The molecule has 0 saturated carbocycles. The van der Waals surface area contributed by atoms with Gasteiger partial charge in [0.1, 0.15) is 0 Å². The molecule has 2 N–H and O–H groups in total. The molecule has 0 aromatic heterocycles. The summed E-state index contributed by atoms with van der Waals surface area (Å²) in [4.78, 5) is 27.7. The van der Waals surface area contributed by atoms with E-state index in [9.17, 15) is 9.59 Å². The van der Waals surface area contributed by atoms with Crippen LogP contribution >= 0.6 is 0 Å². The molecule has 1 aromatic rings. The number of piperazine rings is 1. The monoisotopic (exact) mass is 327 g/mol. The first kappa shape index (κ1) is 16.4. The van der Waals surface area contributed by atoms with Gasteiger partial charge in [-0.1, -0.05) is 18.2 Å². The van der Waals surface area contributed by atoms with Gasteiger partial charge in [-0.15, -0.1) is 0 Å². The molecule has 2 saturated heterocycles. The van der Waals surface area contributed by atoms with Crippen molar-refractivity contribution in [2.45, 2.75) is 18.5 Å². The molecular formula is C18H21N3O3. The second kappa shape index (κ2) is 6.98. The molecule has 2 aliphatic heterocycles. The summed E-state index contributed by atoms with van der Waals surface area (Å²) in [6.07, 6.45) is 7.32. The Balaban J connectivity index is 1.63. The van der Waals surface area contributed by atoms with E-state index < -0.39 is 5.91 Å². The summed E-state index contributed by atoms with van der Waals surface area (Å²) in [7, 11) is 2.11. The zero-order valence-corrected chi connectivity index (χ0v) is 13.6. The van der Waals surface area contributed by atoms with Crippen molar-refractivity contribution in [2.75, 3.05) is 20.1 Å². The molecule has 0 radical (unpaired) electrons. The van der Waals surface area contributed by atoms with Crippen molar-refractivity contribution in [1.82, 2.24) is 15.3 Å². The molecule has 2 fully saturated rings. The van der Waals surface area contributed by atoms with E-state index in [1.807, 2.05) is 29.2 Å². The topological polar surface area (TPSA) is 72.9 Å². The molecule has 0 aliphatic carbocycles. The SMILES string of the molecule is CN1C[C@@H]2C[C@H]1CN2C(=O)/C=C/c1cccc(/C=C/C(=O)NO)c1. The van der Waals surface area contributed by atoms with E-state index in [0.29, 0.717) is 12.1 Å². The number of amides is 2. The number of carbonyl (C=O) groups excluding carboxylic acids is 2. The smallest absolute Gasteiger partial charge is 0.267 e. The highest BCUT2D eigenvalue weighted by Gasteiger charge is 2.42. The summed E-state index contributed by atoms with van der Waals surface area (Å²) in [6, 6.07) is 8.30. The Morgan fingerprint density at radius 1 is 1.17 bits per heavy atom. The van der Waals surface area contributed by atoms with Crippen LogP contribution in [0.1, 0.15) is 17.5 Å². The van der Waals surface area contributed by atoms with Crippen molar-refractivity contribution in [3.05, 3.63) is 47.5 Å². The van der Waals surface area contributed by atoms with Crippen molar-refractivity contribution in [1.29, 1.82) is 0 Å². The molecule has 6 nitrogen and oxygen atoms in total. The van der Waals surface area contributed by atoms with Crippen LogP contribution in [0.3, 0.4) is 0 Å². The number of hydrogen-bond donors (Lipinski definition) is 2. The van der Waals surface area contributed by atoms with Gasteiger partial charge in [0.2, 0.25) is 5.91 Å². The molecule has 24 heavy (non-hydrogen) atoms. The lowest BCUT2D eigenvalue weighted by Gasteiger charge is -2.31. The molecule has 2 bridgehead atoms. The number of likely N-dealkylation sites (tertiary alicyclic amines) is 2. The Morgan fingerprint density at radius 2 is 1.88 bits per heavy atom. The van der Waals surface area contributed by atoms with Gasteiger partial charge >= 0.3 is 0 Å². The van der Waals surface area contributed by atoms with E-state index in [1.165, 1.54) is 6.08 Å². The Morgan fingerprint density at radius 3 is 2.46 bits per heavy atom. The summed E-state index contributed by atoms with van der Waals surface area (Å²) in [5.74, 6) is -0.531. The lowest BCUT2D eigenvalue weighted by Crippen LogP contribution is -2.46. The molecule has 6 heteroatoms. The fourth-order valence-corrected chi connectivity index (χ4v) is 3.37. The maximum atomic E-state index is 12.4. The molecule has 126 valence electrons. The summed E-state index contributed by atoms with van der Waals surface area (Å²) in [6.45, 7) is 1.76. The highest BCUT2D eigenvalue weighted by Crippen LogP contribution is 2.29. The van der Waals surface area contributed by atoms with Gasteiger partial charge in [-0.05, 0) is 42.8 Å². The van der Waals surface area contributed by atoms with Crippen molar-refractivity contribution >= 4 is 24.0 Å². The van der Waals surface area contributed by atoms with Gasteiger partial charge in [0.05, 0.1) is 0 Å². The Labute approximate surface area is 141 Å². The van der Waals surface area contributed by atoms with Crippen LogP contribution in [0.5, 0.6) is 0 Å². The maximum absolute atomic E-state index is 12.4. The van der Waals surface area contributed by atoms with Gasteiger partial charge in [0, 0.05) is 37.3 Å². The van der Waals surface area contributed by atoms with Crippen LogP contribution in [0.2, 0.25) is 0 Å². The van der Waals surface area contributed by atoms with Gasteiger partial charge in [-0.25, -0.2) is 5.48 Å². The second-order valence-corrected chi connectivity index (χ2v) is 6.29. The number of carbonyl (C=O) groups is 2. The zero-order chi connectivity index (χ0) is 17.1. The lowest BCUT2D eigenvalue weighted by atomic mass is 10.1. The van der Waals surface area contributed by atoms with E-state index in [1.54, 1.807) is 23.7 Å². The van der Waals surface area contributed by atoms with Crippen LogP contribution in [-0.2, 0) is 9.59 Å². The molecule has 2 atom stereocenters. The minimum absolute atomic E-state index is 0.0520. The van der Waals surface area contributed by atoms with Crippen LogP contribution in [-0.4, -0.2) is 59.0 Å². The largest absolute Gasteiger partial charge is 0.333 e. The van der Waals surface area contributed by atoms with Crippen LogP contribution in [0.4, 0.5) is 0 Å². The highest BCUT2D eigenvalue weighted by molar-refractivity contribution is 5.93. The summed E-state index contributed by atoms with van der Waals surface area (Å²) >= 11 is 0. The molecular weight excluding hydrogens is 306 g/mol. The van der Waals surface area contributed by atoms with E-state index in [2.05, 4.69) is 11.9 Å². The van der Waals surface area contributed by atoms with E-state index in [4.69, 9.17) is 5.21 Å². The minimum Gasteiger partial charge on any atom is -0.333 e. The number of nitrogens with zero attached hydrogens (tertiary/aromatic N) is 2. The number of likely N-dealkylation sites (N-methyl/N-ethyl adjacent to an activating group) is 1. The fraction of sp³-hybridized carbons (Fsp3) is 0.333. The van der Waals surface area contributed by atoms with E-state index in [-0.39, 0.29) is 5.91 Å². The first-order valence-electron chi connectivity index (χ1n) is 7.98. The number of rotatable bonds is 4. The molecule has 0 spiro atoms. The van der Waals surface area contributed by atoms with E-state index >= 15 is 0 Å². The molecule has 3 rings (SSSR count). The van der Waals surface area contributed by atoms with Crippen LogP contribution in [0, 0.1) is 0 Å². The average Bonchev–Trinajstić information content (AvgIpc) is 3.17. The van der Waals surface area contributed by atoms with Gasteiger partial charge in [-0.3, -0.25) is 19.7 Å². The predicted octanol–water partition coefficient (Wildman–Crippen LogP) is 1.13. The number of hydroxylamine groups is 1. The number of fused-ring (bicyclic) bond motifs is 2. The van der Waals surface area contributed by atoms with Crippen molar-refractivity contribution < 1.29 is 14.8 Å². The summed E-state index contributed by atoms with van der Waals surface area (Å²) in [5.41, 5.74) is 3.24. The van der Waals surface area contributed by atoms with Crippen LogP contribution in [0.15, 0.2) is 36.4 Å². The quantitative estimate of drug-likeness (QED) is 0.494.